The summed E-state index contributed by atoms with van der Waals surface area (Å²) in [4.78, 5) is 53.9. The zero-order chi connectivity index (χ0) is 59.2. The van der Waals surface area contributed by atoms with Crippen molar-refractivity contribution in [3.05, 3.63) is 112 Å². The molecule has 0 atom stereocenters. The number of allylic oxidation sites excluding steroid dienone is 1. The van der Waals surface area contributed by atoms with Gasteiger partial charge in [0.2, 0.25) is 5.95 Å². The number of benzene rings is 3. The number of carbonyl (C=O) groups is 3. The summed E-state index contributed by atoms with van der Waals surface area (Å²) in [5.41, 5.74) is 20.7. The Bertz CT molecular complexity index is 3220. The van der Waals surface area contributed by atoms with Crippen molar-refractivity contribution in [3.63, 3.8) is 0 Å². The van der Waals surface area contributed by atoms with E-state index in [9.17, 15) is 19.8 Å². The number of azo groups is 3. The SMILES string of the molecule is CCCCOC(=O)c1ccccc1/N=N/C(C(=N)C(C)(C)C)=C(\N)Nc1nc(-n2nc(C(C)(C)C)c(/N=N/c3ccccc3C(=O)OCCCC)c2N)nc(-n2nc(C(C)(C)C)c(/N=N/c3ccccc3C(=O)OCCCC)c2N)n1. The van der Waals surface area contributed by atoms with E-state index < -0.39 is 34.2 Å². The van der Waals surface area contributed by atoms with Gasteiger partial charge in [0.1, 0.15) is 28.6 Å². The van der Waals surface area contributed by atoms with Crippen molar-refractivity contribution in [3.8, 4) is 11.9 Å². The number of anilines is 3. The second kappa shape index (κ2) is 26.7. The Morgan fingerprint density at radius 1 is 0.556 bits per heavy atom. The molecule has 0 aliphatic heterocycles. The van der Waals surface area contributed by atoms with Gasteiger partial charge in [0, 0.05) is 16.2 Å². The standard InChI is InChI=1S/C57H74N18O6/c1-13-16-31-79-49(76)34-25-19-22-28-37(34)66-69-40(43(58)55(4,5)6)46(59)62-52-63-53(74-47(60)41(44(72-74)56(7,8)9)70-67-38-29-23-20-26-35(38)50(77)80-32-17-14-2)65-54(64-52)75-48(61)42(45(73-75)57(10,11)12)71-68-39-30-24-21-27-36(39)51(78)81-33-18-15-3/h19-30,58H,13-18,31-33,59-61H2,1-12H3,(H,62,63,64,65)/b46-40+,58-43?,69-66+,70-67+,71-68+. The maximum atomic E-state index is 13.2. The highest BCUT2D eigenvalue weighted by Gasteiger charge is 2.32. The molecule has 0 radical (unpaired) electrons. The van der Waals surface area contributed by atoms with Gasteiger partial charge < -0.3 is 42.1 Å². The number of aromatic nitrogens is 7. The van der Waals surface area contributed by atoms with Crippen molar-refractivity contribution in [1.82, 2.24) is 34.5 Å². The highest BCUT2D eigenvalue weighted by Crippen LogP contribution is 2.40. The lowest BCUT2D eigenvalue weighted by Crippen LogP contribution is -2.26. The van der Waals surface area contributed by atoms with Gasteiger partial charge in [-0.2, -0.15) is 34.5 Å². The molecule has 8 N–H and O–H groups in total. The first-order chi connectivity index (χ1) is 38.4. The fourth-order valence-corrected chi connectivity index (χ4v) is 7.40. The van der Waals surface area contributed by atoms with Crippen LogP contribution in [0.15, 0.2) is 115 Å². The zero-order valence-electron chi connectivity index (χ0n) is 48.3. The Balaban J connectivity index is 1.57. The van der Waals surface area contributed by atoms with Crippen LogP contribution in [0.4, 0.5) is 46.0 Å². The number of nitrogens with one attached hydrogen (secondary N) is 2. The van der Waals surface area contributed by atoms with E-state index in [1.165, 1.54) is 9.36 Å². The van der Waals surface area contributed by atoms with Crippen LogP contribution in [0.3, 0.4) is 0 Å². The summed E-state index contributed by atoms with van der Waals surface area (Å²) in [6, 6.07) is 19.9. The van der Waals surface area contributed by atoms with Crippen LogP contribution in [-0.2, 0) is 25.0 Å². The van der Waals surface area contributed by atoms with Gasteiger partial charge in [-0.15, -0.1) is 30.7 Å². The quantitative estimate of drug-likeness (QED) is 0.0131. The van der Waals surface area contributed by atoms with Crippen LogP contribution in [0, 0.1) is 10.8 Å². The third-order valence-electron chi connectivity index (χ3n) is 12.0. The van der Waals surface area contributed by atoms with E-state index in [4.69, 9.17) is 56.6 Å². The molecular weight excluding hydrogens is 1030 g/mol. The molecule has 3 aromatic carbocycles. The maximum absolute atomic E-state index is 13.2. The van der Waals surface area contributed by atoms with Gasteiger partial charge in [0.15, 0.2) is 23.0 Å². The monoisotopic (exact) mass is 1110 g/mol. The zero-order valence-corrected chi connectivity index (χ0v) is 48.3. The molecule has 0 saturated carbocycles. The van der Waals surface area contributed by atoms with Crippen molar-refractivity contribution in [2.75, 3.05) is 36.6 Å². The third-order valence-corrected chi connectivity index (χ3v) is 12.0. The molecular formula is C57H74N18O6. The molecule has 6 aromatic rings. The van der Waals surface area contributed by atoms with Crippen LogP contribution in [0.25, 0.3) is 11.9 Å². The summed E-state index contributed by atoms with van der Waals surface area (Å²) >= 11 is 0. The molecule has 81 heavy (non-hydrogen) atoms. The number of ether oxygens (including phenoxy) is 3. The normalized spacial score (nSPS) is 12.5. The Hall–Kier alpha value is -9.09. The minimum absolute atomic E-state index is 0.0392. The molecule has 0 spiro atoms. The average molecular weight is 1110 g/mol. The molecule has 24 nitrogen and oxygen atoms in total. The lowest BCUT2D eigenvalue weighted by atomic mass is 9.88. The van der Waals surface area contributed by atoms with Gasteiger partial charge in [-0.25, -0.2) is 14.4 Å². The highest BCUT2D eigenvalue weighted by molar-refractivity contribution is 6.02. The van der Waals surface area contributed by atoms with Crippen molar-refractivity contribution >= 4 is 69.6 Å². The number of hydrogen-bond acceptors (Lipinski definition) is 22. The number of unbranched alkanes of at least 4 members (excludes halogenated alkanes) is 3. The van der Waals surface area contributed by atoms with Crippen LogP contribution >= 0.6 is 0 Å². The first kappa shape index (κ1) is 61.1. The minimum Gasteiger partial charge on any atom is -0.462 e. The van der Waals surface area contributed by atoms with E-state index in [2.05, 4.69) is 36.0 Å². The van der Waals surface area contributed by atoms with E-state index in [0.717, 1.165) is 19.3 Å². The van der Waals surface area contributed by atoms with Gasteiger partial charge in [0.05, 0.1) is 53.6 Å². The first-order valence-electron chi connectivity index (χ1n) is 26.8. The Morgan fingerprint density at radius 3 is 1.26 bits per heavy atom. The molecule has 0 fully saturated rings. The van der Waals surface area contributed by atoms with E-state index in [1.54, 1.807) is 93.6 Å². The van der Waals surface area contributed by atoms with Crippen LogP contribution in [0.2, 0.25) is 0 Å². The number of rotatable bonds is 23. The summed E-state index contributed by atoms with van der Waals surface area (Å²) in [6.45, 7) is 23.6. The molecule has 0 saturated heterocycles. The Labute approximate surface area is 471 Å². The van der Waals surface area contributed by atoms with E-state index in [0.29, 0.717) is 30.7 Å². The number of nitrogens with two attached hydrogens (primary N) is 3. The number of nitrogens with zero attached hydrogens (tertiary/aromatic N) is 13. The second-order valence-electron chi connectivity index (χ2n) is 21.9. The van der Waals surface area contributed by atoms with Crippen LogP contribution < -0.4 is 22.5 Å². The molecule has 0 unspecified atom stereocenters. The van der Waals surface area contributed by atoms with Gasteiger partial charge in [-0.3, -0.25) is 0 Å². The lowest BCUT2D eigenvalue weighted by molar-refractivity contribution is 0.0491. The van der Waals surface area contributed by atoms with Crippen molar-refractivity contribution < 1.29 is 28.6 Å². The van der Waals surface area contributed by atoms with Gasteiger partial charge in [0.25, 0.3) is 11.9 Å². The number of nitrogen functional groups attached to an aromatic ring is 2. The molecule has 0 aliphatic carbocycles. The Morgan fingerprint density at radius 2 is 0.914 bits per heavy atom. The molecule has 0 bridgehead atoms. The maximum Gasteiger partial charge on any atom is 0.340 e. The first-order valence-corrected chi connectivity index (χ1v) is 26.8. The fraction of sp³-hybridized carbons (Fsp3) is 0.421. The molecule has 428 valence electrons. The number of esters is 3. The number of hydrogen-bond donors (Lipinski definition) is 5. The van der Waals surface area contributed by atoms with Crippen molar-refractivity contribution in [1.29, 1.82) is 5.41 Å². The third kappa shape index (κ3) is 15.4. The van der Waals surface area contributed by atoms with Crippen LogP contribution in [0.1, 0.15) is 164 Å². The summed E-state index contributed by atoms with van der Waals surface area (Å²) in [5, 5.41) is 49.2. The summed E-state index contributed by atoms with van der Waals surface area (Å²) in [5.74, 6) is -2.62. The lowest BCUT2D eigenvalue weighted by Gasteiger charge is -2.21. The number of carbonyl (C=O) groups excluding carboxylic acids is 3. The summed E-state index contributed by atoms with van der Waals surface area (Å²) in [6.07, 6.45) is 4.60. The van der Waals surface area contributed by atoms with E-state index in [1.807, 2.05) is 62.3 Å². The molecule has 24 heteroatoms. The second-order valence-corrected chi connectivity index (χ2v) is 21.9. The van der Waals surface area contributed by atoms with E-state index in [-0.39, 0.29) is 112 Å². The largest absolute Gasteiger partial charge is 0.462 e. The molecule has 3 heterocycles. The van der Waals surface area contributed by atoms with Gasteiger partial charge in [-0.1, -0.05) is 139 Å². The van der Waals surface area contributed by atoms with Crippen LogP contribution in [-0.4, -0.2) is 78.0 Å². The highest BCUT2D eigenvalue weighted by atomic mass is 16.5. The average Bonchev–Trinajstić information content (AvgIpc) is 4.13. The summed E-state index contributed by atoms with van der Waals surface area (Å²) in [7, 11) is 0. The van der Waals surface area contributed by atoms with Crippen LogP contribution in [0.5, 0.6) is 0 Å². The summed E-state index contributed by atoms with van der Waals surface area (Å²) < 4.78 is 19.0. The van der Waals surface area contributed by atoms with Gasteiger partial charge >= 0.3 is 17.9 Å². The Kier molecular flexibility index (Phi) is 20.2. The van der Waals surface area contributed by atoms with Crippen molar-refractivity contribution in [2.24, 2.45) is 41.8 Å². The predicted octanol–water partition coefficient (Wildman–Crippen LogP) is 13.1. The molecule has 3 aromatic heterocycles. The van der Waals surface area contributed by atoms with E-state index >= 15 is 0 Å². The van der Waals surface area contributed by atoms with Crippen molar-refractivity contribution in [2.45, 2.75) is 132 Å². The fourth-order valence-electron chi connectivity index (χ4n) is 7.40. The topological polar surface area (TPSA) is 341 Å². The minimum atomic E-state index is -0.837. The molecule has 0 aliphatic rings. The molecule has 0 amide bonds. The molecule has 6 rings (SSSR count). The van der Waals surface area contributed by atoms with Gasteiger partial charge in [-0.05, 0) is 55.7 Å². The smallest absolute Gasteiger partial charge is 0.340 e. The predicted molar refractivity (Wildman–Crippen MR) is 310 cm³/mol.